The molecule has 0 aliphatic heterocycles. The number of esters is 6. The molecule has 0 saturated heterocycles. The third-order valence-corrected chi connectivity index (χ3v) is 6.07. The molecule has 580 valence electrons. The average Bonchev–Trinajstić information content (AvgIpc) is 3.56. The number of carbonyl (C=O) groups is 14. The maximum absolute atomic E-state index is 10.2. The molecule has 8 amide bonds. The van der Waals surface area contributed by atoms with Crippen molar-refractivity contribution in [1.29, 1.82) is 0 Å². The molecule has 0 aromatic rings. The lowest BCUT2D eigenvalue weighted by Gasteiger charge is -1.95. The van der Waals surface area contributed by atoms with Crippen molar-refractivity contribution in [2.24, 2.45) is 0 Å². The summed E-state index contributed by atoms with van der Waals surface area (Å²) in [5.41, 5.74) is 0. The summed E-state index contributed by atoms with van der Waals surface area (Å²) in [6, 6.07) is 0. The molecule has 0 aliphatic carbocycles. The second-order valence-electron chi connectivity index (χ2n) is 14.2. The Hall–Kier alpha value is -8.26. The Balaban J connectivity index is -0.0000000510. The fourth-order valence-electron chi connectivity index (χ4n) is 1.71. The maximum Gasteiger partial charge on any atom is 0.406 e. The maximum atomic E-state index is 10.2. The van der Waals surface area contributed by atoms with E-state index in [0.717, 1.165) is 0 Å². The van der Waals surface area contributed by atoms with Gasteiger partial charge in [-0.25, -0.2) is 19.2 Å². The largest absolute Gasteiger partial charge is 0.469 e. The van der Waals surface area contributed by atoms with E-state index < -0.39 is 12.2 Å². The zero-order chi connectivity index (χ0) is 79.5. The van der Waals surface area contributed by atoms with Gasteiger partial charge in [0.05, 0.1) is 42.7 Å². The van der Waals surface area contributed by atoms with Crippen molar-refractivity contribution < 1.29 is 157 Å². The number of amides is 8. The molecular formula is C55H122N8O33. The number of methoxy groups -OCH3 is 17. The van der Waals surface area contributed by atoms with Gasteiger partial charge in [0, 0.05) is 183 Å². The normalized spacial score (nSPS) is 7.75. The van der Waals surface area contributed by atoms with Crippen molar-refractivity contribution in [3.05, 3.63) is 0 Å². The first-order valence-electron chi connectivity index (χ1n) is 26.4. The molecule has 0 aromatic heterocycles. The molecule has 0 unspecified atom stereocenters. The van der Waals surface area contributed by atoms with E-state index in [2.05, 4.69) is 133 Å². The molecule has 41 nitrogen and oxygen atoms in total. The molecule has 0 bridgehead atoms. The molecule has 0 saturated carbocycles. The van der Waals surface area contributed by atoms with Crippen molar-refractivity contribution in [2.75, 3.05) is 231 Å². The third-order valence-electron chi connectivity index (χ3n) is 6.07. The predicted octanol–water partition coefficient (Wildman–Crippen LogP) is -1.56. The Bertz CT molecular complexity index is 1500. The van der Waals surface area contributed by atoms with Gasteiger partial charge in [0.15, 0.2) is 13.6 Å². The highest BCUT2D eigenvalue weighted by Gasteiger charge is 1.95. The number of carbonyl (C=O) groups excluding carboxylic acids is 14. The van der Waals surface area contributed by atoms with Crippen LogP contribution in [0.5, 0.6) is 0 Å². The first-order valence-corrected chi connectivity index (χ1v) is 26.4. The minimum Gasteiger partial charge on any atom is -0.469 e. The van der Waals surface area contributed by atoms with Crippen LogP contribution in [0.1, 0.15) is 55.4 Å². The lowest BCUT2D eigenvalue weighted by molar-refractivity contribution is -0.152. The molecule has 96 heavy (non-hydrogen) atoms. The summed E-state index contributed by atoms with van der Waals surface area (Å²) in [5, 5.41) is 19.0. The molecule has 0 radical (unpaired) electrons. The zero-order valence-electron chi connectivity index (χ0n) is 62.8. The first-order chi connectivity index (χ1) is 44.8. The van der Waals surface area contributed by atoms with Gasteiger partial charge in [0.2, 0.25) is 35.4 Å². The molecule has 0 aromatic carbocycles. The smallest absolute Gasteiger partial charge is 0.406 e. The van der Waals surface area contributed by atoms with E-state index in [0.29, 0.717) is 20.3 Å². The van der Waals surface area contributed by atoms with E-state index in [1.807, 2.05) is 0 Å². The number of hydrogen-bond donors (Lipinski definition) is 8. The summed E-state index contributed by atoms with van der Waals surface area (Å²) in [6.45, 7) is 12.7. The number of likely N-dealkylation sites (N-methyl/N-ethyl adjacent to an activating group) is 2. The average molecular weight is 1420 g/mol. The van der Waals surface area contributed by atoms with Crippen LogP contribution in [-0.2, 0) is 148 Å². The van der Waals surface area contributed by atoms with Crippen LogP contribution in [0.3, 0.4) is 0 Å². The molecule has 41 heteroatoms. The van der Waals surface area contributed by atoms with Crippen molar-refractivity contribution in [2.45, 2.75) is 55.4 Å². The minimum atomic E-state index is -0.407. The second-order valence-corrected chi connectivity index (χ2v) is 14.2. The van der Waals surface area contributed by atoms with Crippen LogP contribution in [0.2, 0.25) is 0 Å². The van der Waals surface area contributed by atoms with E-state index in [1.54, 1.807) is 56.6 Å². The summed E-state index contributed by atoms with van der Waals surface area (Å²) in [4.78, 5) is 139. The number of nitrogens with one attached hydrogen (secondary N) is 8. The van der Waals surface area contributed by atoms with E-state index >= 15 is 0 Å². The van der Waals surface area contributed by atoms with Crippen LogP contribution in [0.4, 0.5) is 9.59 Å². The van der Waals surface area contributed by atoms with Gasteiger partial charge in [0.1, 0.15) is 46.7 Å². The molecule has 0 aliphatic rings. The van der Waals surface area contributed by atoms with Crippen molar-refractivity contribution in [3.8, 4) is 0 Å². The summed E-state index contributed by atoms with van der Waals surface area (Å²) in [7, 11) is 35.6. The number of rotatable bonds is 18. The van der Waals surface area contributed by atoms with Gasteiger partial charge in [-0.15, -0.1) is 0 Å². The lowest BCUT2D eigenvalue weighted by atomic mass is 10.7. The summed E-state index contributed by atoms with van der Waals surface area (Å²) >= 11 is 0. The molecule has 0 rings (SSSR count). The van der Waals surface area contributed by atoms with Crippen LogP contribution in [0.25, 0.3) is 0 Å². The SMILES string of the molecule is CNC(=O)COC.CNC(=O)COC.CNC(=O)OC.CNC(=O)OC.CNC(C)=O.CNC(C)=O.COC.COC(C)=O.COC(C)=O.COCC(=O)OC.COCC(=O)OC.COCNC(C)=O.COCNC(C)=O.COCOC.COCOC(C)=O.COCOC(C)=O. The van der Waals surface area contributed by atoms with Crippen LogP contribution >= 0.6 is 0 Å². The van der Waals surface area contributed by atoms with Crippen LogP contribution in [0, 0.1) is 0 Å². The quantitative estimate of drug-likeness (QED) is 0.0437. The topological polar surface area (TPSA) is 511 Å². The second kappa shape index (κ2) is 131. The Kier molecular flexibility index (Phi) is 175. The Morgan fingerprint density at radius 2 is 0.469 bits per heavy atom. The molecule has 0 spiro atoms. The van der Waals surface area contributed by atoms with Crippen LogP contribution in [-0.4, -0.2) is 314 Å². The third kappa shape index (κ3) is 294. The fourth-order valence-corrected chi connectivity index (χ4v) is 1.71. The molecule has 0 fully saturated rings. The van der Waals surface area contributed by atoms with E-state index in [9.17, 15) is 67.1 Å². The van der Waals surface area contributed by atoms with Gasteiger partial charge in [-0.05, 0) is 0 Å². The number of ether oxygens (including phenoxy) is 19. The molecule has 0 atom stereocenters. The van der Waals surface area contributed by atoms with Gasteiger partial charge in [-0.2, -0.15) is 0 Å². The molecular weight excluding hydrogens is 1300 g/mol. The van der Waals surface area contributed by atoms with Gasteiger partial charge in [-0.3, -0.25) is 47.9 Å². The van der Waals surface area contributed by atoms with Gasteiger partial charge < -0.3 is 133 Å². The van der Waals surface area contributed by atoms with Crippen LogP contribution in [0.15, 0.2) is 0 Å². The van der Waals surface area contributed by atoms with E-state index in [1.165, 1.54) is 169 Å². The van der Waals surface area contributed by atoms with Crippen molar-refractivity contribution in [3.63, 3.8) is 0 Å². The lowest BCUT2D eigenvalue weighted by Crippen LogP contribution is -2.22. The summed E-state index contributed by atoms with van der Waals surface area (Å²) < 4.78 is 82.5. The number of alkyl carbamates (subject to hydrolysis) is 2. The zero-order valence-corrected chi connectivity index (χ0v) is 62.8. The molecule has 8 N–H and O–H groups in total. The Morgan fingerprint density at radius 3 is 0.510 bits per heavy atom. The predicted molar refractivity (Wildman–Crippen MR) is 348 cm³/mol. The minimum absolute atomic E-state index is 0.00463. The van der Waals surface area contributed by atoms with E-state index in [4.69, 9.17) is 0 Å². The monoisotopic (exact) mass is 1420 g/mol. The van der Waals surface area contributed by atoms with E-state index in [-0.39, 0.29) is 111 Å². The van der Waals surface area contributed by atoms with Crippen molar-refractivity contribution in [1.82, 2.24) is 42.5 Å². The fraction of sp³-hybridized carbons (Fsp3) is 0.745. The summed E-state index contributed by atoms with van der Waals surface area (Å²) in [6.07, 6.45) is -0.815. The Morgan fingerprint density at radius 1 is 0.250 bits per heavy atom. The highest BCUT2D eigenvalue weighted by molar-refractivity contribution is 5.77. The highest BCUT2D eigenvalue weighted by atomic mass is 16.7. The van der Waals surface area contributed by atoms with Gasteiger partial charge in [0.25, 0.3) is 0 Å². The summed E-state index contributed by atoms with van der Waals surface area (Å²) in [5.74, 6) is -2.13. The van der Waals surface area contributed by atoms with Gasteiger partial charge >= 0.3 is 48.0 Å². The molecule has 0 heterocycles. The standard InChI is InChI=1S/4C4H9NO2.4C4H8O3.2C3H7NO2.2C3H7NO.C3H8O2.2C3H6O2.C2H6O/c2*1-5-4(6)3-7-2;2*1-4(6)5-3-7-2;2*1-6-3-4(5)7-2;2*1-4(5)7-3-6-2;2*1-4-3(5)6-2;2*1-3(5)4-2;1-4-3-5-2;2*1-3(4)5-2;1-3-2/h4*3H2,1-2H3,(H,5,6);4*3H2,1-2H3;2*1-2H3,(H,4,5);2*1-2H3,(H,4,5);3H2,1-2H3;2*1-2H3;1-2H3. The van der Waals surface area contributed by atoms with Crippen molar-refractivity contribution >= 4 is 83.4 Å². The first kappa shape index (κ1) is 128. The highest BCUT2D eigenvalue weighted by Crippen LogP contribution is 1.75. The number of hydrogen-bond acceptors (Lipinski definition) is 33. The van der Waals surface area contributed by atoms with Gasteiger partial charge in [-0.1, -0.05) is 0 Å². The Labute approximate surface area is 567 Å². The van der Waals surface area contributed by atoms with Crippen LogP contribution < -0.4 is 42.5 Å².